The number of rotatable bonds is 6. The number of ether oxygens (including phenoxy) is 1. The highest BCUT2D eigenvalue weighted by Gasteiger charge is 2.21. The molecule has 1 heterocycles. The summed E-state index contributed by atoms with van der Waals surface area (Å²) in [5.74, 6) is 0.882. The number of amidine groups is 1. The number of hydrogen-bond acceptors (Lipinski definition) is 5. The number of Topliss-reactive ketones (excluding diaryl/α,β-unsaturated/α-hetero) is 1. The lowest BCUT2D eigenvalue weighted by Gasteiger charge is -2.27. The van der Waals surface area contributed by atoms with Crippen LogP contribution in [0.15, 0.2) is 53.5 Å². The van der Waals surface area contributed by atoms with Crippen LogP contribution in [0.4, 0.5) is 14.5 Å². The smallest absolute Gasteiger partial charge is 0.387 e. The second-order valence-electron chi connectivity index (χ2n) is 6.12. The quantitative estimate of drug-likeness (QED) is 0.666. The first-order valence-corrected chi connectivity index (χ1v) is 9.61. The minimum atomic E-state index is -2.88. The van der Waals surface area contributed by atoms with Crippen LogP contribution < -0.4 is 9.64 Å². The number of thioether (sulfide) groups is 1. The van der Waals surface area contributed by atoms with Crippen LogP contribution in [0.3, 0.4) is 0 Å². The van der Waals surface area contributed by atoms with Crippen molar-refractivity contribution >= 4 is 28.4 Å². The number of aliphatic imine (C=N–C) groups is 1. The number of anilines is 1. The largest absolute Gasteiger partial charge is 0.435 e. The van der Waals surface area contributed by atoms with Gasteiger partial charge in [-0.25, -0.2) is 0 Å². The molecule has 0 amide bonds. The fourth-order valence-corrected chi connectivity index (χ4v) is 3.70. The highest BCUT2D eigenvalue weighted by molar-refractivity contribution is 8.14. The summed E-state index contributed by atoms with van der Waals surface area (Å²) in [5.41, 5.74) is 2.45. The molecule has 142 valence electrons. The molecule has 2 aromatic carbocycles. The van der Waals surface area contributed by atoms with Gasteiger partial charge in [0.05, 0.1) is 6.54 Å². The van der Waals surface area contributed by atoms with Gasteiger partial charge in [-0.2, -0.15) is 8.78 Å². The number of alkyl halides is 2. The lowest BCUT2D eigenvalue weighted by molar-refractivity contribution is -0.0498. The monoisotopic (exact) mass is 390 g/mol. The Bertz CT molecular complexity index is 825. The first kappa shape index (κ1) is 19.4. The van der Waals surface area contributed by atoms with Crippen molar-refractivity contribution in [1.29, 1.82) is 0 Å². The zero-order valence-corrected chi connectivity index (χ0v) is 15.7. The summed E-state index contributed by atoms with van der Waals surface area (Å²) in [4.78, 5) is 19.3. The summed E-state index contributed by atoms with van der Waals surface area (Å²) in [6.45, 7) is -0.00567. The van der Waals surface area contributed by atoms with Gasteiger partial charge in [-0.1, -0.05) is 23.9 Å². The number of benzene rings is 2. The van der Waals surface area contributed by atoms with Crippen molar-refractivity contribution in [2.45, 2.75) is 20.0 Å². The van der Waals surface area contributed by atoms with Crippen molar-refractivity contribution in [3.8, 4) is 5.75 Å². The number of ketones is 1. The molecule has 0 saturated carbocycles. The van der Waals surface area contributed by atoms with Gasteiger partial charge >= 0.3 is 6.61 Å². The predicted octanol–water partition coefficient (Wildman–Crippen LogP) is 4.78. The van der Waals surface area contributed by atoms with Crippen LogP contribution in [0.2, 0.25) is 0 Å². The SMILES string of the molecule is Cc1cccc(N(CC(=O)c2ccc(OC(F)F)cc2)C2=NCCCS2)c1. The van der Waals surface area contributed by atoms with Crippen molar-refractivity contribution < 1.29 is 18.3 Å². The van der Waals surface area contributed by atoms with Crippen molar-refractivity contribution in [1.82, 2.24) is 0 Å². The summed E-state index contributed by atoms with van der Waals surface area (Å²) < 4.78 is 28.9. The summed E-state index contributed by atoms with van der Waals surface area (Å²) in [6.07, 6.45) is 1.02. The maximum absolute atomic E-state index is 12.8. The minimum absolute atomic E-state index is 0.0318. The molecule has 0 fully saturated rings. The summed E-state index contributed by atoms with van der Waals surface area (Å²) in [5, 5.41) is 0.831. The topological polar surface area (TPSA) is 41.9 Å². The van der Waals surface area contributed by atoms with Gasteiger partial charge in [-0.05, 0) is 55.3 Å². The second-order valence-corrected chi connectivity index (χ2v) is 7.18. The van der Waals surface area contributed by atoms with Gasteiger partial charge in [0.25, 0.3) is 0 Å². The van der Waals surface area contributed by atoms with Crippen LogP contribution >= 0.6 is 11.8 Å². The summed E-state index contributed by atoms with van der Waals surface area (Å²) in [6, 6.07) is 13.7. The van der Waals surface area contributed by atoms with Crippen molar-refractivity contribution in [3.63, 3.8) is 0 Å². The van der Waals surface area contributed by atoms with E-state index in [2.05, 4.69) is 9.73 Å². The molecular formula is C20H20F2N2O2S. The maximum Gasteiger partial charge on any atom is 0.387 e. The van der Waals surface area contributed by atoms with Crippen molar-refractivity contribution in [2.75, 3.05) is 23.7 Å². The van der Waals surface area contributed by atoms with Crippen LogP contribution in [-0.2, 0) is 0 Å². The molecule has 27 heavy (non-hydrogen) atoms. The lowest BCUT2D eigenvalue weighted by Crippen LogP contribution is -2.35. The molecule has 0 atom stereocenters. The minimum Gasteiger partial charge on any atom is -0.435 e. The molecule has 0 unspecified atom stereocenters. The molecule has 1 aliphatic rings. The van der Waals surface area contributed by atoms with Crippen molar-refractivity contribution in [2.24, 2.45) is 4.99 Å². The van der Waals surface area contributed by atoms with E-state index in [1.807, 2.05) is 36.1 Å². The summed E-state index contributed by atoms with van der Waals surface area (Å²) in [7, 11) is 0. The number of carbonyl (C=O) groups is 1. The Hall–Kier alpha value is -2.41. The fraction of sp³-hybridized carbons (Fsp3) is 0.300. The zero-order valence-electron chi connectivity index (χ0n) is 14.9. The van der Waals surface area contributed by atoms with Crippen LogP contribution in [0.5, 0.6) is 5.75 Å². The first-order chi connectivity index (χ1) is 13.0. The van der Waals surface area contributed by atoms with Crippen LogP contribution in [0.1, 0.15) is 22.3 Å². The molecule has 0 bridgehead atoms. The molecular weight excluding hydrogens is 370 g/mol. The second kappa shape index (κ2) is 8.99. The van der Waals surface area contributed by atoms with Crippen molar-refractivity contribution in [3.05, 3.63) is 59.7 Å². The Kier molecular flexibility index (Phi) is 6.45. The highest BCUT2D eigenvalue weighted by Crippen LogP contribution is 2.24. The number of halogens is 2. The van der Waals surface area contributed by atoms with Crippen LogP contribution in [0.25, 0.3) is 0 Å². The zero-order chi connectivity index (χ0) is 19.2. The maximum atomic E-state index is 12.8. The molecule has 0 saturated heterocycles. The van der Waals surface area contributed by atoms with Gasteiger partial charge in [0, 0.05) is 23.5 Å². The van der Waals surface area contributed by atoms with Gasteiger partial charge in [-0.3, -0.25) is 9.79 Å². The van der Waals surface area contributed by atoms with Gasteiger partial charge < -0.3 is 9.64 Å². The van der Waals surface area contributed by atoms with Gasteiger partial charge in [0.2, 0.25) is 0 Å². The molecule has 1 aliphatic heterocycles. The van der Waals surface area contributed by atoms with Crippen LogP contribution in [0, 0.1) is 6.92 Å². The van der Waals surface area contributed by atoms with Gasteiger partial charge in [0.1, 0.15) is 5.75 Å². The standard InChI is InChI=1S/C20H20F2N2O2S/c1-14-4-2-5-16(12-14)24(20-23-10-3-11-27-20)13-18(25)15-6-8-17(9-7-15)26-19(21)22/h2,4-9,12,19H,3,10-11,13H2,1H3. The average Bonchev–Trinajstić information content (AvgIpc) is 2.66. The van der Waals surface area contributed by atoms with Gasteiger partial charge in [0.15, 0.2) is 11.0 Å². The number of carbonyl (C=O) groups excluding carboxylic acids is 1. The lowest BCUT2D eigenvalue weighted by atomic mass is 10.1. The number of aryl methyl sites for hydroxylation is 1. The Morgan fingerprint density at radius 1 is 1.26 bits per heavy atom. The van der Waals surface area contributed by atoms with E-state index >= 15 is 0 Å². The molecule has 0 radical (unpaired) electrons. The van der Waals surface area contributed by atoms with E-state index in [-0.39, 0.29) is 18.1 Å². The first-order valence-electron chi connectivity index (χ1n) is 8.62. The molecule has 0 N–H and O–H groups in total. The van der Waals surface area contributed by atoms with E-state index in [4.69, 9.17) is 0 Å². The molecule has 4 nitrogen and oxygen atoms in total. The molecule has 0 aromatic heterocycles. The van der Waals surface area contributed by atoms with E-state index < -0.39 is 6.61 Å². The van der Waals surface area contributed by atoms with E-state index in [1.165, 1.54) is 24.3 Å². The Labute approximate surface area is 161 Å². The third-order valence-corrected chi connectivity index (χ3v) is 5.13. The highest BCUT2D eigenvalue weighted by atomic mass is 32.2. The van der Waals surface area contributed by atoms with E-state index in [0.717, 1.165) is 35.1 Å². The molecule has 2 aromatic rings. The number of nitrogens with zero attached hydrogens (tertiary/aromatic N) is 2. The Morgan fingerprint density at radius 2 is 2.04 bits per heavy atom. The normalized spacial score (nSPS) is 14.0. The predicted molar refractivity (Wildman–Crippen MR) is 105 cm³/mol. The summed E-state index contributed by atoms with van der Waals surface area (Å²) >= 11 is 1.64. The third kappa shape index (κ3) is 5.29. The Morgan fingerprint density at radius 3 is 2.67 bits per heavy atom. The number of hydrogen-bond donors (Lipinski definition) is 0. The molecule has 0 aliphatic carbocycles. The van der Waals surface area contributed by atoms with E-state index in [9.17, 15) is 13.6 Å². The van der Waals surface area contributed by atoms with E-state index in [1.54, 1.807) is 11.8 Å². The van der Waals surface area contributed by atoms with Crippen LogP contribution in [-0.4, -0.2) is 36.4 Å². The molecule has 0 spiro atoms. The van der Waals surface area contributed by atoms with Gasteiger partial charge in [-0.15, -0.1) is 0 Å². The van der Waals surface area contributed by atoms with E-state index in [0.29, 0.717) is 5.56 Å². The Balaban J connectivity index is 1.81. The third-order valence-electron chi connectivity index (χ3n) is 4.03. The fourth-order valence-electron chi connectivity index (χ4n) is 2.73. The average molecular weight is 390 g/mol. The molecule has 3 rings (SSSR count). The molecule has 7 heteroatoms.